The number of carbonyl (C=O) groups is 2. The third kappa shape index (κ3) is 3.23. The smallest absolute Gasteiger partial charge is 0.270 e. The van der Waals surface area contributed by atoms with E-state index in [0.717, 1.165) is 16.6 Å². The third-order valence-corrected chi connectivity index (χ3v) is 5.19. The number of piperazine rings is 1. The van der Waals surface area contributed by atoms with Crippen LogP contribution in [0.4, 0.5) is 5.69 Å². The number of nitriles is 1. The van der Waals surface area contributed by atoms with Gasteiger partial charge in [0.15, 0.2) is 5.78 Å². The minimum atomic E-state index is -0.0293. The molecule has 0 atom stereocenters. The largest absolute Gasteiger partial charge is 0.367 e. The van der Waals surface area contributed by atoms with Crippen molar-refractivity contribution >= 4 is 28.3 Å². The maximum atomic E-state index is 12.9. The standard InChI is InChI=1S/C22H20N4O2/c1-15(27)16-6-7-18(14-23)21(13-16)25-8-10-26(11-9-25)22(28)20-12-17-4-2-3-5-19(17)24-20/h2-7,12-13,24H,8-11H2,1H3. The summed E-state index contributed by atoms with van der Waals surface area (Å²) in [4.78, 5) is 31.6. The first-order valence-corrected chi connectivity index (χ1v) is 9.24. The molecule has 140 valence electrons. The number of nitrogens with zero attached hydrogens (tertiary/aromatic N) is 3. The van der Waals surface area contributed by atoms with Gasteiger partial charge in [-0.05, 0) is 37.3 Å². The van der Waals surface area contributed by atoms with Gasteiger partial charge in [-0.25, -0.2) is 0 Å². The molecule has 0 radical (unpaired) electrons. The molecule has 1 aromatic heterocycles. The summed E-state index contributed by atoms with van der Waals surface area (Å²) in [6.45, 7) is 3.86. The van der Waals surface area contributed by atoms with Gasteiger partial charge in [0.25, 0.3) is 5.91 Å². The second-order valence-electron chi connectivity index (χ2n) is 6.95. The number of benzene rings is 2. The highest BCUT2D eigenvalue weighted by atomic mass is 16.2. The quantitative estimate of drug-likeness (QED) is 0.716. The van der Waals surface area contributed by atoms with Crippen LogP contribution in [0.25, 0.3) is 10.9 Å². The van der Waals surface area contributed by atoms with Gasteiger partial charge in [-0.1, -0.05) is 18.2 Å². The summed E-state index contributed by atoms with van der Waals surface area (Å²) in [5.74, 6) is -0.0489. The highest BCUT2D eigenvalue weighted by Gasteiger charge is 2.25. The van der Waals surface area contributed by atoms with Crippen molar-refractivity contribution in [2.45, 2.75) is 6.92 Å². The van der Waals surface area contributed by atoms with Crippen molar-refractivity contribution in [1.82, 2.24) is 9.88 Å². The number of H-pyrrole nitrogens is 1. The van der Waals surface area contributed by atoms with Crippen molar-refractivity contribution < 1.29 is 9.59 Å². The van der Waals surface area contributed by atoms with Crippen molar-refractivity contribution in [3.63, 3.8) is 0 Å². The Labute approximate surface area is 163 Å². The molecule has 1 N–H and O–H groups in total. The van der Waals surface area contributed by atoms with E-state index < -0.39 is 0 Å². The number of aromatic amines is 1. The Morgan fingerprint density at radius 1 is 1.04 bits per heavy atom. The van der Waals surface area contributed by atoms with E-state index in [-0.39, 0.29) is 11.7 Å². The number of amides is 1. The molecule has 0 aliphatic carbocycles. The minimum Gasteiger partial charge on any atom is -0.367 e. The van der Waals surface area contributed by atoms with E-state index in [2.05, 4.69) is 16.0 Å². The fourth-order valence-electron chi connectivity index (χ4n) is 3.62. The maximum Gasteiger partial charge on any atom is 0.270 e. The molecular weight excluding hydrogens is 352 g/mol. The second-order valence-corrected chi connectivity index (χ2v) is 6.95. The average molecular weight is 372 g/mol. The van der Waals surface area contributed by atoms with Crippen LogP contribution in [0.15, 0.2) is 48.5 Å². The Kier molecular flexibility index (Phi) is 4.58. The Hall–Kier alpha value is -3.59. The molecule has 1 aliphatic heterocycles. The summed E-state index contributed by atoms with van der Waals surface area (Å²) >= 11 is 0. The van der Waals surface area contributed by atoms with Gasteiger partial charge in [-0.15, -0.1) is 0 Å². The fourth-order valence-corrected chi connectivity index (χ4v) is 3.62. The maximum absolute atomic E-state index is 12.9. The summed E-state index contributed by atoms with van der Waals surface area (Å²) in [6.07, 6.45) is 0. The van der Waals surface area contributed by atoms with E-state index in [0.29, 0.717) is 43.0 Å². The summed E-state index contributed by atoms with van der Waals surface area (Å²) in [5.41, 5.74) is 3.43. The van der Waals surface area contributed by atoms with E-state index in [1.54, 1.807) is 18.2 Å². The number of ketones is 1. The lowest BCUT2D eigenvalue weighted by Gasteiger charge is -2.36. The van der Waals surface area contributed by atoms with Crippen molar-refractivity contribution in [3.8, 4) is 6.07 Å². The zero-order chi connectivity index (χ0) is 19.7. The normalized spacial score (nSPS) is 14.1. The number of anilines is 1. The molecule has 6 heteroatoms. The molecule has 0 spiro atoms. The van der Waals surface area contributed by atoms with Crippen molar-refractivity contribution in [3.05, 3.63) is 65.4 Å². The lowest BCUT2D eigenvalue weighted by molar-refractivity contribution is 0.0741. The number of aromatic nitrogens is 1. The predicted octanol–water partition coefficient (Wildman–Crippen LogP) is 3.20. The van der Waals surface area contributed by atoms with Gasteiger partial charge in [-0.3, -0.25) is 9.59 Å². The number of fused-ring (bicyclic) bond motifs is 1. The molecule has 0 bridgehead atoms. The molecule has 2 heterocycles. The van der Waals surface area contributed by atoms with Crippen LogP contribution in [-0.4, -0.2) is 47.8 Å². The van der Waals surface area contributed by atoms with E-state index in [9.17, 15) is 14.9 Å². The first-order valence-electron chi connectivity index (χ1n) is 9.24. The monoisotopic (exact) mass is 372 g/mol. The molecule has 0 unspecified atom stereocenters. The average Bonchev–Trinajstić information content (AvgIpc) is 3.17. The summed E-state index contributed by atoms with van der Waals surface area (Å²) < 4.78 is 0. The highest BCUT2D eigenvalue weighted by molar-refractivity contribution is 5.98. The summed E-state index contributed by atoms with van der Waals surface area (Å²) in [6, 6.07) is 17.0. The zero-order valence-corrected chi connectivity index (χ0v) is 15.6. The Morgan fingerprint density at radius 3 is 2.46 bits per heavy atom. The number of hydrogen-bond acceptors (Lipinski definition) is 4. The molecule has 6 nitrogen and oxygen atoms in total. The molecule has 2 aromatic carbocycles. The number of rotatable bonds is 3. The van der Waals surface area contributed by atoms with Crippen LogP contribution in [-0.2, 0) is 0 Å². The van der Waals surface area contributed by atoms with Gasteiger partial charge in [0, 0.05) is 42.6 Å². The van der Waals surface area contributed by atoms with Crippen LogP contribution in [0, 0.1) is 11.3 Å². The van der Waals surface area contributed by atoms with Gasteiger partial charge >= 0.3 is 0 Å². The van der Waals surface area contributed by atoms with Crippen molar-refractivity contribution in [2.75, 3.05) is 31.1 Å². The molecule has 1 aliphatic rings. The first kappa shape index (κ1) is 17.8. The summed E-state index contributed by atoms with van der Waals surface area (Å²) in [7, 11) is 0. The van der Waals surface area contributed by atoms with Crippen LogP contribution in [0.5, 0.6) is 0 Å². The van der Waals surface area contributed by atoms with Gasteiger partial charge in [0.05, 0.1) is 11.3 Å². The van der Waals surface area contributed by atoms with Crippen molar-refractivity contribution in [1.29, 1.82) is 5.26 Å². The molecule has 28 heavy (non-hydrogen) atoms. The van der Waals surface area contributed by atoms with E-state index in [4.69, 9.17) is 0 Å². The van der Waals surface area contributed by atoms with E-state index in [1.807, 2.05) is 35.2 Å². The molecule has 1 amide bonds. The topological polar surface area (TPSA) is 80.2 Å². The number of carbonyl (C=O) groups excluding carboxylic acids is 2. The molecule has 4 rings (SSSR count). The van der Waals surface area contributed by atoms with Gasteiger partial charge < -0.3 is 14.8 Å². The van der Waals surface area contributed by atoms with Gasteiger partial charge in [0.1, 0.15) is 11.8 Å². The number of nitrogens with one attached hydrogen (secondary N) is 1. The number of Topliss-reactive ketones (excluding diaryl/α,β-unsaturated/α-hetero) is 1. The summed E-state index contributed by atoms with van der Waals surface area (Å²) in [5, 5.41) is 10.4. The number of para-hydroxylation sites is 1. The molecule has 1 saturated heterocycles. The Bertz CT molecular complexity index is 1070. The van der Waals surface area contributed by atoms with Crippen LogP contribution in [0.3, 0.4) is 0 Å². The third-order valence-electron chi connectivity index (χ3n) is 5.19. The Balaban J connectivity index is 1.50. The van der Waals surface area contributed by atoms with Gasteiger partial charge in [-0.2, -0.15) is 5.26 Å². The lowest BCUT2D eigenvalue weighted by atomic mass is 10.1. The van der Waals surface area contributed by atoms with Crippen LogP contribution >= 0.6 is 0 Å². The predicted molar refractivity (Wildman–Crippen MR) is 108 cm³/mol. The lowest BCUT2D eigenvalue weighted by Crippen LogP contribution is -2.49. The van der Waals surface area contributed by atoms with Crippen LogP contribution in [0.2, 0.25) is 0 Å². The van der Waals surface area contributed by atoms with E-state index in [1.165, 1.54) is 6.92 Å². The highest BCUT2D eigenvalue weighted by Crippen LogP contribution is 2.24. The van der Waals surface area contributed by atoms with Crippen molar-refractivity contribution in [2.24, 2.45) is 0 Å². The van der Waals surface area contributed by atoms with Crippen LogP contribution in [0.1, 0.15) is 33.3 Å². The first-order chi connectivity index (χ1) is 13.6. The SMILES string of the molecule is CC(=O)c1ccc(C#N)c(N2CCN(C(=O)c3cc4ccccc4[nH]3)CC2)c1. The van der Waals surface area contributed by atoms with Crippen LogP contribution < -0.4 is 4.90 Å². The molecular formula is C22H20N4O2. The number of hydrogen-bond donors (Lipinski definition) is 1. The molecule has 1 fully saturated rings. The molecule has 0 saturated carbocycles. The second kappa shape index (κ2) is 7.20. The fraction of sp³-hybridized carbons (Fsp3) is 0.227. The molecule has 3 aromatic rings. The van der Waals surface area contributed by atoms with Gasteiger partial charge in [0.2, 0.25) is 0 Å². The Morgan fingerprint density at radius 2 is 1.79 bits per heavy atom. The minimum absolute atomic E-state index is 0.0196. The zero-order valence-electron chi connectivity index (χ0n) is 15.6. The van der Waals surface area contributed by atoms with E-state index >= 15 is 0 Å².